The summed E-state index contributed by atoms with van der Waals surface area (Å²) in [6, 6.07) is 5.40. The highest BCUT2D eigenvalue weighted by molar-refractivity contribution is 7.92. The minimum atomic E-state index is -3.75. The molecule has 0 aliphatic carbocycles. The average molecular weight is 327 g/mol. The Hall–Kier alpha value is -1.93. The van der Waals surface area contributed by atoms with Gasteiger partial charge in [0, 0.05) is 18.7 Å². The highest BCUT2D eigenvalue weighted by Crippen LogP contribution is 2.12. The van der Waals surface area contributed by atoms with Gasteiger partial charge in [-0.3, -0.25) is 9.59 Å². The molecule has 0 saturated heterocycles. The summed E-state index contributed by atoms with van der Waals surface area (Å²) in [4.78, 5) is 22.5. The van der Waals surface area contributed by atoms with Crippen LogP contribution in [0.5, 0.6) is 0 Å². The van der Waals surface area contributed by atoms with Gasteiger partial charge in [0.1, 0.15) is 5.75 Å². The van der Waals surface area contributed by atoms with Crippen molar-refractivity contribution in [3.8, 4) is 0 Å². The molecular weight excluding hydrogens is 306 g/mol. The Morgan fingerprint density at radius 2 is 1.73 bits per heavy atom. The Bertz CT molecular complexity index is 611. The van der Waals surface area contributed by atoms with E-state index in [1.165, 1.54) is 24.3 Å². The number of rotatable bonds is 9. The van der Waals surface area contributed by atoms with E-state index in [2.05, 4.69) is 17.6 Å². The first-order valence-electron chi connectivity index (χ1n) is 6.97. The molecule has 0 saturated carbocycles. The number of hydrogen-bond acceptors (Lipinski definition) is 5. The molecule has 0 bridgehead atoms. The normalized spacial score (nSPS) is 11.1. The second-order valence-corrected chi connectivity index (χ2v) is 6.75. The van der Waals surface area contributed by atoms with Crippen LogP contribution >= 0.6 is 0 Å². The number of nitrogens with one attached hydrogen (secondary N) is 2. The number of benzene rings is 1. The number of carbonyl (C=O) groups excluding carboxylic acids is 2. The molecule has 0 heterocycles. The summed E-state index contributed by atoms with van der Waals surface area (Å²) in [5, 5.41) is 5.87. The van der Waals surface area contributed by atoms with Crippen molar-refractivity contribution in [2.75, 3.05) is 25.4 Å². The summed E-state index contributed by atoms with van der Waals surface area (Å²) >= 11 is 0. The molecule has 122 valence electrons. The fourth-order valence-corrected chi connectivity index (χ4v) is 2.84. The summed E-state index contributed by atoms with van der Waals surface area (Å²) in [6.07, 6.45) is 1.02. The molecule has 1 aromatic carbocycles. The van der Waals surface area contributed by atoms with Gasteiger partial charge in [0.25, 0.3) is 5.91 Å². The van der Waals surface area contributed by atoms with Crippen molar-refractivity contribution in [1.82, 2.24) is 10.6 Å². The van der Waals surface area contributed by atoms with Gasteiger partial charge >= 0.3 is 0 Å². The smallest absolute Gasteiger partial charge is 0.251 e. The maximum absolute atomic E-state index is 11.9. The van der Waals surface area contributed by atoms with Crippen LogP contribution in [0.2, 0.25) is 0 Å². The molecule has 0 fully saturated rings. The second kappa shape index (κ2) is 8.50. The molecule has 0 aliphatic heterocycles. The van der Waals surface area contributed by atoms with Gasteiger partial charge in [-0.15, -0.1) is 0 Å². The van der Waals surface area contributed by atoms with Crippen molar-refractivity contribution in [2.45, 2.75) is 18.2 Å². The molecule has 0 unspecified atom stereocenters. The number of amides is 2. The van der Waals surface area contributed by atoms with Crippen LogP contribution in [0, 0.1) is 0 Å². The molecule has 0 atom stereocenters. The minimum absolute atomic E-state index is 0.0348. The summed E-state index contributed by atoms with van der Waals surface area (Å²) in [6.45, 7) is 4.10. The van der Waals surface area contributed by atoms with Crippen LogP contribution in [0.15, 0.2) is 29.2 Å². The van der Waals surface area contributed by atoms with E-state index in [9.17, 15) is 18.0 Å². The fourth-order valence-electron chi connectivity index (χ4n) is 1.75. The number of hydrogen-bond donors (Lipinski definition) is 3. The lowest BCUT2D eigenvalue weighted by Crippen LogP contribution is -2.32. The zero-order chi connectivity index (χ0) is 16.6. The first kappa shape index (κ1) is 18.1. The second-order valence-electron chi connectivity index (χ2n) is 4.76. The lowest BCUT2D eigenvalue weighted by atomic mass is 10.2. The van der Waals surface area contributed by atoms with Gasteiger partial charge in [-0.1, -0.05) is 6.92 Å². The number of carbonyl (C=O) groups is 2. The Labute approximate surface area is 130 Å². The predicted molar refractivity (Wildman–Crippen MR) is 83.2 cm³/mol. The maximum Gasteiger partial charge on any atom is 0.251 e. The Morgan fingerprint density at radius 3 is 2.27 bits per heavy atom. The molecule has 0 aliphatic rings. The molecule has 0 spiro atoms. The largest absolute Gasteiger partial charge is 0.369 e. The lowest BCUT2D eigenvalue weighted by molar-refractivity contribution is -0.115. The van der Waals surface area contributed by atoms with Crippen molar-refractivity contribution >= 4 is 21.7 Å². The van der Waals surface area contributed by atoms with E-state index in [-0.39, 0.29) is 10.8 Å². The molecule has 0 radical (unpaired) electrons. The van der Waals surface area contributed by atoms with Crippen molar-refractivity contribution in [1.29, 1.82) is 0 Å². The van der Waals surface area contributed by atoms with Crippen LogP contribution in [0.25, 0.3) is 0 Å². The van der Waals surface area contributed by atoms with Crippen LogP contribution in [-0.4, -0.2) is 45.6 Å². The number of primary amides is 1. The number of sulfone groups is 1. The molecule has 8 heteroatoms. The van der Waals surface area contributed by atoms with Crippen molar-refractivity contribution in [2.24, 2.45) is 5.73 Å². The first-order valence-corrected chi connectivity index (χ1v) is 8.62. The van der Waals surface area contributed by atoms with E-state index >= 15 is 0 Å². The van der Waals surface area contributed by atoms with Crippen LogP contribution in [0.4, 0.5) is 0 Å². The van der Waals surface area contributed by atoms with Gasteiger partial charge in [-0.2, -0.15) is 0 Å². The monoisotopic (exact) mass is 327 g/mol. The van der Waals surface area contributed by atoms with E-state index in [0.717, 1.165) is 13.0 Å². The van der Waals surface area contributed by atoms with Crippen LogP contribution in [0.1, 0.15) is 23.7 Å². The van der Waals surface area contributed by atoms with Gasteiger partial charge < -0.3 is 16.4 Å². The SMILES string of the molecule is CCCNCCNC(=O)c1ccc(S(=O)(=O)CC(N)=O)cc1. The molecule has 22 heavy (non-hydrogen) atoms. The number of nitrogens with two attached hydrogens (primary N) is 1. The van der Waals surface area contributed by atoms with E-state index in [0.29, 0.717) is 18.7 Å². The van der Waals surface area contributed by atoms with Crippen molar-refractivity contribution in [3.63, 3.8) is 0 Å². The molecule has 1 aromatic rings. The molecular formula is C14H21N3O4S. The predicted octanol–water partition coefficient (Wildman–Crippen LogP) is -0.325. The maximum atomic E-state index is 11.9. The highest BCUT2D eigenvalue weighted by Gasteiger charge is 2.17. The molecule has 1 rings (SSSR count). The molecule has 7 nitrogen and oxygen atoms in total. The van der Waals surface area contributed by atoms with Crippen molar-refractivity contribution in [3.05, 3.63) is 29.8 Å². The molecule has 0 aromatic heterocycles. The zero-order valence-corrected chi connectivity index (χ0v) is 13.3. The third kappa shape index (κ3) is 5.82. The van der Waals surface area contributed by atoms with Crippen LogP contribution in [0.3, 0.4) is 0 Å². The van der Waals surface area contributed by atoms with E-state index in [4.69, 9.17) is 5.73 Å². The minimum Gasteiger partial charge on any atom is -0.369 e. The Balaban J connectivity index is 2.61. The summed E-state index contributed by atoms with van der Waals surface area (Å²) in [7, 11) is -3.75. The van der Waals surface area contributed by atoms with Gasteiger partial charge in [-0.05, 0) is 37.2 Å². The summed E-state index contributed by atoms with van der Waals surface area (Å²) < 4.78 is 23.6. The highest BCUT2D eigenvalue weighted by atomic mass is 32.2. The van der Waals surface area contributed by atoms with E-state index in [1.54, 1.807) is 0 Å². The average Bonchev–Trinajstić information content (AvgIpc) is 2.45. The molecule has 2 amide bonds. The summed E-state index contributed by atoms with van der Waals surface area (Å²) in [5.41, 5.74) is 5.25. The van der Waals surface area contributed by atoms with Gasteiger partial charge in [0.2, 0.25) is 5.91 Å². The van der Waals surface area contributed by atoms with E-state index in [1.807, 2.05) is 0 Å². The quantitative estimate of drug-likeness (QED) is 0.537. The Morgan fingerprint density at radius 1 is 1.09 bits per heavy atom. The Kier molecular flexibility index (Phi) is 7.00. The van der Waals surface area contributed by atoms with Gasteiger partial charge in [0.15, 0.2) is 9.84 Å². The lowest BCUT2D eigenvalue weighted by Gasteiger charge is -2.07. The summed E-state index contributed by atoms with van der Waals surface area (Å²) in [5.74, 6) is -1.94. The standard InChI is InChI=1S/C14H21N3O4S/c1-2-7-16-8-9-17-14(19)11-3-5-12(6-4-11)22(20,21)10-13(15)18/h3-6,16H,2,7-10H2,1H3,(H2,15,18)(H,17,19). The molecule has 4 N–H and O–H groups in total. The third-order valence-electron chi connectivity index (χ3n) is 2.82. The van der Waals surface area contributed by atoms with E-state index < -0.39 is 21.5 Å². The first-order chi connectivity index (χ1) is 10.4. The fraction of sp³-hybridized carbons (Fsp3) is 0.429. The van der Waals surface area contributed by atoms with Crippen LogP contribution in [-0.2, 0) is 14.6 Å². The van der Waals surface area contributed by atoms with Gasteiger partial charge in [0.05, 0.1) is 4.90 Å². The van der Waals surface area contributed by atoms with Crippen LogP contribution < -0.4 is 16.4 Å². The topological polar surface area (TPSA) is 118 Å². The van der Waals surface area contributed by atoms with Crippen molar-refractivity contribution < 1.29 is 18.0 Å². The van der Waals surface area contributed by atoms with Gasteiger partial charge in [-0.25, -0.2) is 8.42 Å². The third-order valence-corrected chi connectivity index (χ3v) is 4.48. The zero-order valence-electron chi connectivity index (χ0n) is 12.5.